The van der Waals surface area contributed by atoms with E-state index in [1.165, 1.54) is 68.1 Å². The van der Waals surface area contributed by atoms with Crippen LogP contribution in [-0.2, 0) is 4.79 Å². The minimum Gasteiger partial charge on any atom is -0.303 e. The molecule has 2 aromatic rings. The molecule has 1 nitrogen and oxygen atoms in total. The van der Waals surface area contributed by atoms with E-state index in [1.807, 2.05) is 0 Å². The summed E-state index contributed by atoms with van der Waals surface area (Å²) in [5, 5.41) is 3.01. The molecule has 0 unspecified atom stereocenters. The summed E-state index contributed by atoms with van der Waals surface area (Å²) >= 11 is 0. The van der Waals surface area contributed by atoms with Crippen LogP contribution >= 0.6 is 7.92 Å². The van der Waals surface area contributed by atoms with Crippen molar-refractivity contribution >= 4 is 24.8 Å². The first-order valence-electron chi connectivity index (χ1n) is 10.2. The summed E-state index contributed by atoms with van der Waals surface area (Å²) in [4.78, 5) is 10.3. The monoisotopic (exact) mass is 368 g/mol. The first kappa shape index (κ1) is 20.8. The lowest BCUT2D eigenvalue weighted by Crippen LogP contribution is -2.13. The molecule has 0 heterocycles. The molecular formula is C24H33OP. The minimum atomic E-state index is -0.216. The highest BCUT2D eigenvalue weighted by atomic mass is 31.1. The van der Waals surface area contributed by atoms with Crippen LogP contribution < -0.4 is 10.6 Å². The maximum atomic E-state index is 10.3. The van der Waals surface area contributed by atoms with Crippen LogP contribution in [0, 0.1) is 0 Å². The zero-order valence-corrected chi connectivity index (χ0v) is 16.9. The van der Waals surface area contributed by atoms with Crippen molar-refractivity contribution in [2.75, 3.05) is 6.16 Å². The largest absolute Gasteiger partial charge is 0.303 e. The fourth-order valence-electron chi connectivity index (χ4n) is 3.36. The van der Waals surface area contributed by atoms with E-state index in [4.69, 9.17) is 0 Å². The Bertz CT molecular complexity index is 542. The predicted octanol–water partition coefficient (Wildman–Crippen LogP) is 6.22. The molecule has 2 heteroatoms. The van der Waals surface area contributed by atoms with Gasteiger partial charge in [-0.3, -0.25) is 0 Å². The second kappa shape index (κ2) is 13.7. The Kier molecular flexibility index (Phi) is 11.0. The van der Waals surface area contributed by atoms with Crippen LogP contribution in [-0.4, -0.2) is 12.4 Å². The molecule has 0 aromatic heterocycles. The van der Waals surface area contributed by atoms with Gasteiger partial charge in [-0.15, -0.1) is 0 Å². The second-order valence-corrected chi connectivity index (χ2v) is 9.30. The van der Waals surface area contributed by atoms with Gasteiger partial charge < -0.3 is 4.79 Å². The average Bonchev–Trinajstić information content (AvgIpc) is 2.70. The van der Waals surface area contributed by atoms with Gasteiger partial charge in [0.25, 0.3) is 0 Å². The van der Waals surface area contributed by atoms with Crippen molar-refractivity contribution in [1.29, 1.82) is 0 Å². The van der Waals surface area contributed by atoms with E-state index in [0.29, 0.717) is 0 Å². The molecule has 0 amide bonds. The van der Waals surface area contributed by atoms with Crippen LogP contribution in [0.1, 0.15) is 64.2 Å². The van der Waals surface area contributed by atoms with Crippen LogP contribution in [0.25, 0.3) is 0 Å². The molecule has 0 aliphatic carbocycles. The fraction of sp³-hybridized carbons (Fsp3) is 0.458. The summed E-state index contributed by atoms with van der Waals surface area (Å²) in [5.41, 5.74) is 0. The highest BCUT2D eigenvalue weighted by molar-refractivity contribution is 7.73. The van der Waals surface area contributed by atoms with Crippen molar-refractivity contribution in [3.05, 3.63) is 60.7 Å². The zero-order chi connectivity index (χ0) is 18.3. The molecule has 26 heavy (non-hydrogen) atoms. The van der Waals surface area contributed by atoms with Crippen molar-refractivity contribution in [2.45, 2.75) is 64.2 Å². The molecule has 0 saturated carbocycles. The van der Waals surface area contributed by atoms with Gasteiger partial charge in [0, 0.05) is 6.42 Å². The van der Waals surface area contributed by atoms with Crippen LogP contribution in [0.15, 0.2) is 60.7 Å². The van der Waals surface area contributed by atoms with E-state index in [2.05, 4.69) is 60.7 Å². The van der Waals surface area contributed by atoms with Gasteiger partial charge in [0.1, 0.15) is 6.29 Å². The van der Waals surface area contributed by atoms with E-state index < -0.39 is 0 Å². The molecule has 0 radical (unpaired) electrons. The van der Waals surface area contributed by atoms with Crippen LogP contribution in [0.3, 0.4) is 0 Å². The van der Waals surface area contributed by atoms with Gasteiger partial charge >= 0.3 is 0 Å². The first-order chi connectivity index (χ1) is 12.9. The lowest BCUT2D eigenvalue weighted by atomic mass is 10.1. The summed E-state index contributed by atoms with van der Waals surface area (Å²) < 4.78 is 0. The number of benzene rings is 2. The number of hydrogen-bond acceptors (Lipinski definition) is 1. The van der Waals surface area contributed by atoms with Crippen LogP contribution in [0.5, 0.6) is 0 Å². The SMILES string of the molecule is O=CCCCCCCCCCCCP(c1ccccc1)c1ccccc1. The molecule has 0 saturated heterocycles. The van der Waals surface area contributed by atoms with E-state index in [-0.39, 0.29) is 7.92 Å². The zero-order valence-electron chi connectivity index (χ0n) is 16.0. The number of carbonyl (C=O) groups is 1. The van der Waals surface area contributed by atoms with Crippen molar-refractivity contribution in [3.63, 3.8) is 0 Å². The minimum absolute atomic E-state index is 0.216. The molecule has 0 aliphatic rings. The van der Waals surface area contributed by atoms with Gasteiger partial charge in [0.15, 0.2) is 0 Å². The summed E-state index contributed by atoms with van der Waals surface area (Å²) in [6.07, 6.45) is 14.8. The first-order valence-corrected chi connectivity index (χ1v) is 11.8. The number of carbonyl (C=O) groups excluding carboxylic acids is 1. The van der Waals surface area contributed by atoms with E-state index in [0.717, 1.165) is 19.1 Å². The number of unbranched alkanes of at least 4 members (excludes halogenated alkanes) is 9. The Labute approximate surface area is 161 Å². The Balaban J connectivity index is 1.65. The fourth-order valence-corrected chi connectivity index (χ4v) is 5.78. The lowest BCUT2D eigenvalue weighted by molar-refractivity contribution is -0.107. The summed E-state index contributed by atoms with van der Waals surface area (Å²) in [5.74, 6) is 0. The number of rotatable bonds is 14. The quantitative estimate of drug-likeness (QED) is 0.220. The summed E-state index contributed by atoms with van der Waals surface area (Å²) in [7, 11) is -0.216. The summed E-state index contributed by atoms with van der Waals surface area (Å²) in [6, 6.07) is 22.1. The lowest BCUT2D eigenvalue weighted by Gasteiger charge is -2.18. The Morgan fingerprint density at radius 3 is 1.46 bits per heavy atom. The third kappa shape index (κ3) is 8.28. The standard InChI is InChI=1S/C24H33OP/c25-21-15-7-5-3-1-2-4-6-8-16-22-26(23-17-11-9-12-18-23)24-19-13-10-14-20-24/h9-14,17-21H,1-8,15-16,22H2. The topological polar surface area (TPSA) is 17.1 Å². The summed E-state index contributed by atoms with van der Waals surface area (Å²) in [6.45, 7) is 0. The van der Waals surface area contributed by atoms with Gasteiger partial charge in [-0.05, 0) is 37.5 Å². The molecule has 0 atom stereocenters. The molecule has 0 spiro atoms. The smallest absolute Gasteiger partial charge is 0.119 e. The molecule has 0 N–H and O–H groups in total. The molecule has 0 bridgehead atoms. The number of aldehydes is 1. The number of hydrogen-bond donors (Lipinski definition) is 0. The van der Waals surface area contributed by atoms with Gasteiger partial charge in [-0.2, -0.15) is 0 Å². The maximum Gasteiger partial charge on any atom is 0.119 e. The molecule has 140 valence electrons. The van der Waals surface area contributed by atoms with E-state index in [9.17, 15) is 4.79 Å². The Morgan fingerprint density at radius 2 is 1.00 bits per heavy atom. The van der Waals surface area contributed by atoms with Crippen LogP contribution in [0.4, 0.5) is 0 Å². The van der Waals surface area contributed by atoms with Crippen molar-refractivity contribution in [3.8, 4) is 0 Å². The Morgan fingerprint density at radius 1 is 0.577 bits per heavy atom. The van der Waals surface area contributed by atoms with E-state index >= 15 is 0 Å². The van der Waals surface area contributed by atoms with Crippen molar-refractivity contribution in [2.24, 2.45) is 0 Å². The molecule has 2 aromatic carbocycles. The highest BCUT2D eigenvalue weighted by Crippen LogP contribution is 2.34. The van der Waals surface area contributed by atoms with Gasteiger partial charge in [-0.1, -0.05) is 106 Å². The molecule has 0 aliphatic heterocycles. The second-order valence-electron chi connectivity index (χ2n) is 6.96. The third-order valence-corrected chi connectivity index (χ3v) is 7.45. The van der Waals surface area contributed by atoms with Crippen LogP contribution in [0.2, 0.25) is 0 Å². The molecule has 0 fully saturated rings. The third-order valence-electron chi connectivity index (χ3n) is 4.84. The van der Waals surface area contributed by atoms with E-state index in [1.54, 1.807) is 0 Å². The van der Waals surface area contributed by atoms with Gasteiger partial charge in [0.05, 0.1) is 0 Å². The highest BCUT2D eigenvalue weighted by Gasteiger charge is 2.12. The van der Waals surface area contributed by atoms with Gasteiger partial charge in [-0.25, -0.2) is 0 Å². The maximum absolute atomic E-state index is 10.3. The predicted molar refractivity (Wildman–Crippen MR) is 116 cm³/mol. The molecule has 2 rings (SSSR count). The Hall–Kier alpha value is -1.46. The molecular weight excluding hydrogens is 335 g/mol. The average molecular weight is 369 g/mol. The van der Waals surface area contributed by atoms with Crippen molar-refractivity contribution in [1.82, 2.24) is 0 Å². The van der Waals surface area contributed by atoms with Gasteiger partial charge in [0.2, 0.25) is 0 Å². The normalized spacial score (nSPS) is 11.0. The van der Waals surface area contributed by atoms with Crippen molar-refractivity contribution < 1.29 is 4.79 Å².